The molecular formula is C13H18ClNO. The van der Waals surface area contributed by atoms with Gasteiger partial charge >= 0.3 is 0 Å². The van der Waals surface area contributed by atoms with Gasteiger partial charge in [-0.1, -0.05) is 25.1 Å². The van der Waals surface area contributed by atoms with Crippen LogP contribution in [0.4, 0.5) is 0 Å². The van der Waals surface area contributed by atoms with Crippen molar-refractivity contribution in [3.05, 3.63) is 35.4 Å². The fourth-order valence-corrected chi connectivity index (χ4v) is 1.66. The molecule has 3 heteroatoms. The number of halogens is 1. The van der Waals surface area contributed by atoms with Crippen LogP contribution >= 0.6 is 11.6 Å². The highest BCUT2D eigenvalue weighted by molar-refractivity contribution is 6.18. The monoisotopic (exact) mass is 239 g/mol. The van der Waals surface area contributed by atoms with Gasteiger partial charge in [-0.05, 0) is 31.4 Å². The van der Waals surface area contributed by atoms with E-state index >= 15 is 0 Å². The predicted octanol–water partition coefficient (Wildman–Crippen LogP) is 2.99. The normalized spacial score (nSPS) is 14.2. The van der Waals surface area contributed by atoms with Crippen LogP contribution in [0.5, 0.6) is 0 Å². The molecule has 0 heterocycles. The first-order valence-corrected chi connectivity index (χ1v) is 6.02. The smallest absolute Gasteiger partial charge is 0.251 e. The summed E-state index contributed by atoms with van der Waals surface area (Å²) in [4.78, 5) is 11.9. The number of carbonyl (C=O) groups excluding carboxylic acids is 1. The molecule has 0 radical (unpaired) electrons. The average Bonchev–Trinajstić information content (AvgIpc) is 2.28. The molecular weight excluding hydrogens is 222 g/mol. The Kier molecular flexibility index (Phi) is 4.81. The number of hydrogen-bond acceptors (Lipinski definition) is 1. The van der Waals surface area contributed by atoms with Crippen LogP contribution in [0.2, 0.25) is 0 Å². The van der Waals surface area contributed by atoms with E-state index in [1.807, 2.05) is 45.0 Å². The quantitative estimate of drug-likeness (QED) is 0.805. The standard InChI is InChI=1S/C13H18ClNO/c1-9-6-4-5-7-12(9)13(16)15-11(3)10(2)8-14/h4-7,10-11H,8H2,1-3H3,(H,15,16). The molecule has 0 aliphatic carbocycles. The first-order valence-electron chi connectivity index (χ1n) is 5.48. The second kappa shape index (κ2) is 5.90. The zero-order valence-corrected chi connectivity index (χ0v) is 10.7. The lowest BCUT2D eigenvalue weighted by molar-refractivity contribution is 0.0930. The number of nitrogens with one attached hydrogen (secondary N) is 1. The molecule has 88 valence electrons. The van der Waals surface area contributed by atoms with Crippen LogP contribution in [-0.2, 0) is 0 Å². The number of rotatable bonds is 4. The van der Waals surface area contributed by atoms with Gasteiger partial charge in [-0.3, -0.25) is 4.79 Å². The molecule has 0 aromatic heterocycles. The number of carbonyl (C=O) groups is 1. The molecule has 0 saturated carbocycles. The second-order valence-electron chi connectivity index (χ2n) is 4.21. The van der Waals surface area contributed by atoms with Gasteiger partial charge < -0.3 is 5.32 Å². The molecule has 0 fully saturated rings. The molecule has 2 nitrogen and oxygen atoms in total. The maximum Gasteiger partial charge on any atom is 0.251 e. The molecule has 1 aromatic rings. The van der Waals surface area contributed by atoms with Crippen molar-refractivity contribution in [1.29, 1.82) is 0 Å². The van der Waals surface area contributed by atoms with Crippen molar-refractivity contribution in [3.63, 3.8) is 0 Å². The largest absolute Gasteiger partial charge is 0.349 e. The van der Waals surface area contributed by atoms with Crippen LogP contribution in [0.3, 0.4) is 0 Å². The first-order chi connectivity index (χ1) is 7.56. The number of amides is 1. The summed E-state index contributed by atoms with van der Waals surface area (Å²) in [6.45, 7) is 5.93. The lowest BCUT2D eigenvalue weighted by Crippen LogP contribution is -2.38. The lowest BCUT2D eigenvalue weighted by atomic mass is 10.0. The van der Waals surface area contributed by atoms with E-state index in [4.69, 9.17) is 11.6 Å². The number of hydrogen-bond donors (Lipinski definition) is 1. The third-order valence-corrected chi connectivity index (χ3v) is 3.33. The van der Waals surface area contributed by atoms with E-state index in [0.29, 0.717) is 5.88 Å². The molecule has 0 saturated heterocycles. The van der Waals surface area contributed by atoms with Gasteiger partial charge in [-0.2, -0.15) is 0 Å². The zero-order valence-electron chi connectivity index (χ0n) is 9.96. The maximum absolute atomic E-state index is 11.9. The van der Waals surface area contributed by atoms with Gasteiger partial charge in [-0.25, -0.2) is 0 Å². The molecule has 0 aliphatic heterocycles. The summed E-state index contributed by atoms with van der Waals surface area (Å²) in [5.41, 5.74) is 1.72. The van der Waals surface area contributed by atoms with Crippen molar-refractivity contribution < 1.29 is 4.79 Å². The molecule has 1 amide bonds. The molecule has 1 N–H and O–H groups in total. The van der Waals surface area contributed by atoms with Crippen molar-refractivity contribution in [3.8, 4) is 0 Å². The summed E-state index contributed by atoms with van der Waals surface area (Å²) in [6.07, 6.45) is 0. The minimum atomic E-state index is -0.0254. The Bertz CT molecular complexity index is 365. The van der Waals surface area contributed by atoms with Gasteiger partial charge in [0.25, 0.3) is 5.91 Å². The molecule has 16 heavy (non-hydrogen) atoms. The van der Waals surface area contributed by atoms with E-state index in [1.165, 1.54) is 0 Å². The SMILES string of the molecule is Cc1ccccc1C(=O)NC(C)C(C)CCl. The van der Waals surface area contributed by atoms with Crippen LogP contribution in [0.1, 0.15) is 29.8 Å². The molecule has 0 spiro atoms. The van der Waals surface area contributed by atoms with Crippen molar-refractivity contribution in [2.75, 3.05) is 5.88 Å². The number of benzene rings is 1. The molecule has 0 bridgehead atoms. The molecule has 1 aromatic carbocycles. The van der Waals surface area contributed by atoms with Gasteiger partial charge in [0.1, 0.15) is 0 Å². The summed E-state index contributed by atoms with van der Waals surface area (Å²) < 4.78 is 0. The first kappa shape index (κ1) is 13.0. The van der Waals surface area contributed by atoms with E-state index < -0.39 is 0 Å². The summed E-state index contributed by atoms with van der Waals surface area (Å²) in [7, 11) is 0. The minimum Gasteiger partial charge on any atom is -0.349 e. The number of alkyl halides is 1. The van der Waals surface area contributed by atoms with E-state index in [1.54, 1.807) is 0 Å². The lowest BCUT2D eigenvalue weighted by Gasteiger charge is -2.19. The maximum atomic E-state index is 11.9. The van der Waals surface area contributed by atoms with Gasteiger partial charge in [0.2, 0.25) is 0 Å². The zero-order chi connectivity index (χ0) is 12.1. The van der Waals surface area contributed by atoms with Gasteiger partial charge in [0.05, 0.1) is 0 Å². The van der Waals surface area contributed by atoms with E-state index in [2.05, 4.69) is 5.32 Å². The topological polar surface area (TPSA) is 29.1 Å². The third-order valence-electron chi connectivity index (χ3n) is 2.85. The average molecular weight is 240 g/mol. The highest BCUT2D eigenvalue weighted by Gasteiger charge is 2.15. The molecule has 1 rings (SSSR count). The Morgan fingerprint density at radius 1 is 1.38 bits per heavy atom. The molecule has 2 unspecified atom stereocenters. The third kappa shape index (κ3) is 3.24. The second-order valence-corrected chi connectivity index (χ2v) is 4.52. The van der Waals surface area contributed by atoms with Crippen molar-refractivity contribution in [2.45, 2.75) is 26.8 Å². The van der Waals surface area contributed by atoms with E-state index in [9.17, 15) is 4.79 Å². The van der Waals surface area contributed by atoms with Crippen LogP contribution in [0.15, 0.2) is 24.3 Å². The fraction of sp³-hybridized carbons (Fsp3) is 0.462. The predicted molar refractivity (Wildman–Crippen MR) is 68.0 cm³/mol. The van der Waals surface area contributed by atoms with Gasteiger partial charge in [0, 0.05) is 17.5 Å². The van der Waals surface area contributed by atoms with Crippen LogP contribution in [0.25, 0.3) is 0 Å². The van der Waals surface area contributed by atoms with Crippen molar-refractivity contribution in [2.24, 2.45) is 5.92 Å². The number of aryl methyl sites for hydroxylation is 1. The summed E-state index contributed by atoms with van der Waals surface area (Å²) >= 11 is 5.76. The van der Waals surface area contributed by atoms with Crippen LogP contribution in [0, 0.1) is 12.8 Å². The molecule has 0 aliphatic rings. The van der Waals surface area contributed by atoms with Crippen molar-refractivity contribution in [1.82, 2.24) is 5.32 Å². The van der Waals surface area contributed by atoms with Gasteiger partial charge in [0.15, 0.2) is 0 Å². The van der Waals surface area contributed by atoms with Crippen LogP contribution < -0.4 is 5.32 Å². The minimum absolute atomic E-state index is 0.0254. The summed E-state index contributed by atoms with van der Waals surface area (Å²) in [6, 6.07) is 7.66. The van der Waals surface area contributed by atoms with E-state index in [-0.39, 0.29) is 17.9 Å². The highest BCUT2D eigenvalue weighted by atomic mass is 35.5. The Morgan fingerprint density at radius 3 is 2.56 bits per heavy atom. The Morgan fingerprint density at radius 2 is 2.00 bits per heavy atom. The fourth-order valence-electron chi connectivity index (χ4n) is 1.39. The van der Waals surface area contributed by atoms with Crippen molar-refractivity contribution >= 4 is 17.5 Å². The van der Waals surface area contributed by atoms with Crippen LogP contribution in [-0.4, -0.2) is 17.8 Å². The summed E-state index contributed by atoms with van der Waals surface area (Å²) in [5.74, 6) is 0.798. The molecule has 2 atom stereocenters. The van der Waals surface area contributed by atoms with E-state index in [0.717, 1.165) is 11.1 Å². The Labute approximate surface area is 102 Å². The summed E-state index contributed by atoms with van der Waals surface area (Å²) in [5, 5.41) is 2.96. The Balaban J connectivity index is 2.70. The van der Waals surface area contributed by atoms with Gasteiger partial charge in [-0.15, -0.1) is 11.6 Å². The Hall–Kier alpha value is -1.02. The highest BCUT2D eigenvalue weighted by Crippen LogP contribution is 2.09.